The van der Waals surface area contributed by atoms with Crippen LogP contribution in [0.25, 0.3) is 0 Å². The van der Waals surface area contributed by atoms with Gasteiger partial charge >= 0.3 is 5.69 Å². The van der Waals surface area contributed by atoms with E-state index in [0.29, 0.717) is 16.7 Å². The fourth-order valence-corrected chi connectivity index (χ4v) is 3.23. The molecule has 0 spiro atoms. The van der Waals surface area contributed by atoms with Gasteiger partial charge in [-0.15, -0.1) is 5.10 Å². The van der Waals surface area contributed by atoms with E-state index in [9.17, 15) is 4.79 Å². The fraction of sp³-hybridized carbons (Fsp3) is 0.333. The van der Waals surface area contributed by atoms with Crippen molar-refractivity contribution in [2.45, 2.75) is 35.5 Å². The van der Waals surface area contributed by atoms with Gasteiger partial charge in [-0.05, 0) is 42.3 Å². The van der Waals surface area contributed by atoms with Crippen molar-refractivity contribution < 1.29 is 0 Å². The summed E-state index contributed by atoms with van der Waals surface area (Å²) < 4.78 is 1.71. The molecule has 1 saturated carbocycles. The summed E-state index contributed by atoms with van der Waals surface area (Å²) in [5.74, 6) is 0. The van der Waals surface area contributed by atoms with E-state index in [2.05, 4.69) is 10.2 Å². The Morgan fingerprint density at radius 2 is 2.32 bits per heavy atom. The smallest absolute Gasteiger partial charge is 0.326 e. The number of nitrogens with two attached hydrogens (primary N) is 1. The van der Waals surface area contributed by atoms with Crippen LogP contribution < -0.4 is 11.4 Å². The van der Waals surface area contributed by atoms with Gasteiger partial charge in [0.25, 0.3) is 0 Å². The number of aromatic nitrogens is 3. The Morgan fingerprint density at radius 3 is 3.00 bits per heavy atom. The second-order valence-corrected chi connectivity index (χ2v) is 5.92. The third kappa shape index (κ3) is 2.56. The summed E-state index contributed by atoms with van der Waals surface area (Å²) >= 11 is 7.43. The first-order valence-corrected chi connectivity index (χ1v) is 7.21. The monoisotopic (exact) mass is 296 g/mol. The molecule has 100 valence electrons. The molecule has 5 nitrogen and oxygen atoms in total. The predicted octanol–water partition coefficient (Wildman–Crippen LogP) is 2.17. The van der Waals surface area contributed by atoms with Crippen LogP contribution in [0.5, 0.6) is 0 Å². The van der Waals surface area contributed by atoms with E-state index in [1.165, 1.54) is 11.8 Å². The van der Waals surface area contributed by atoms with Gasteiger partial charge in [0.15, 0.2) is 5.16 Å². The quantitative estimate of drug-likeness (QED) is 0.906. The lowest BCUT2D eigenvalue weighted by atomic mass is 10.2. The highest BCUT2D eigenvalue weighted by Gasteiger charge is 2.28. The van der Waals surface area contributed by atoms with Crippen molar-refractivity contribution in [1.29, 1.82) is 0 Å². The summed E-state index contributed by atoms with van der Waals surface area (Å²) in [7, 11) is 0. The minimum Gasteiger partial charge on any atom is -0.326 e. The third-order valence-electron chi connectivity index (χ3n) is 3.03. The number of nitrogens with zero attached hydrogens (tertiary/aromatic N) is 2. The number of hydrogen-bond donors (Lipinski definition) is 2. The standard InChI is InChI=1S/C12H13ClN4OS/c13-8-2-1-7(6-14)10(5-8)19-12-16-15-11(18)17(12)9-3-4-9/h1-2,5,9H,3-4,6,14H2,(H,15,18). The first-order valence-electron chi connectivity index (χ1n) is 6.02. The van der Waals surface area contributed by atoms with Crippen LogP contribution in [0.4, 0.5) is 0 Å². The zero-order valence-electron chi connectivity index (χ0n) is 10.1. The maximum absolute atomic E-state index is 11.7. The molecule has 0 unspecified atom stereocenters. The van der Waals surface area contributed by atoms with Gasteiger partial charge in [-0.2, -0.15) is 0 Å². The molecule has 1 aromatic carbocycles. The molecule has 2 aromatic rings. The first-order chi connectivity index (χ1) is 9.19. The molecule has 0 amide bonds. The van der Waals surface area contributed by atoms with Gasteiger partial charge in [-0.1, -0.05) is 17.7 Å². The van der Waals surface area contributed by atoms with Crippen LogP contribution in [0.2, 0.25) is 5.02 Å². The average Bonchev–Trinajstić information content (AvgIpc) is 3.15. The first kappa shape index (κ1) is 12.8. The molecule has 0 saturated heterocycles. The Morgan fingerprint density at radius 1 is 1.53 bits per heavy atom. The molecule has 0 radical (unpaired) electrons. The van der Waals surface area contributed by atoms with E-state index < -0.39 is 0 Å². The molecule has 19 heavy (non-hydrogen) atoms. The van der Waals surface area contributed by atoms with Crippen molar-refractivity contribution >= 4 is 23.4 Å². The van der Waals surface area contributed by atoms with Gasteiger partial charge in [-0.25, -0.2) is 9.89 Å². The normalized spacial score (nSPS) is 14.8. The van der Waals surface area contributed by atoms with E-state index in [-0.39, 0.29) is 11.7 Å². The van der Waals surface area contributed by atoms with Crippen LogP contribution >= 0.6 is 23.4 Å². The van der Waals surface area contributed by atoms with Crippen LogP contribution in [0.3, 0.4) is 0 Å². The minimum absolute atomic E-state index is 0.152. The average molecular weight is 297 g/mol. The zero-order valence-corrected chi connectivity index (χ0v) is 11.7. The van der Waals surface area contributed by atoms with E-state index >= 15 is 0 Å². The number of benzene rings is 1. The molecule has 0 bridgehead atoms. The largest absolute Gasteiger partial charge is 0.344 e. The maximum Gasteiger partial charge on any atom is 0.344 e. The second-order valence-electron chi connectivity index (χ2n) is 4.47. The van der Waals surface area contributed by atoms with Crippen molar-refractivity contribution in [2.75, 3.05) is 0 Å². The molecular formula is C12H13ClN4OS. The molecule has 0 atom stereocenters. The molecule has 1 aliphatic rings. The van der Waals surface area contributed by atoms with Crippen LogP contribution in [0.1, 0.15) is 24.4 Å². The summed E-state index contributed by atoms with van der Waals surface area (Å²) in [6, 6.07) is 5.85. The Kier molecular flexibility index (Phi) is 3.38. The topological polar surface area (TPSA) is 76.7 Å². The summed E-state index contributed by atoms with van der Waals surface area (Å²) in [5.41, 5.74) is 6.56. The Balaban J connectivity index is 1.97. The van der Waals surface area contributed by atoms with E-state index in [1.54, 1.807) is 4.57 Å². The van der Waals surface area contributed by atoms with Gasteiger partial charge in [0.1, 0.15) is 0 Å². The van der Waals surface area contributed by atoms with Gasteiger partial charge in [0.2, 0.25) is 0 Å². The summed E-state index contributed by atoms with van der Waals surface area (Å²) in [5, 5.41) is 7.90. The SMILES string of the molecule is NCc1ccc(Cl)cc1Sc1n[nH]c(=O)n1C1CC1. The molecule has 3 N–H and O–H groups in total. The minimum atomic E-state index is -0.152. The van der Waals surface area contributed by atoms with Gasteiger partial charge < -0.3 is 5.73 Å². The maximum atomic E-state index is 11.7. The van der Waals surface area contributed by atoms with Crippen molar-refractivity contribution in [1.82, 2.24) is 14.8 Å². The van der Waals surface area contributed by atoms with Crippen LogP contribution in [-0.2, 0) is 6.54 Å². The number of hydrogen-bond acceptors (Lipinski definition) is 4. The van der Waals surface area contributed by atoms with Gasteiger partial charge in [-0.3, -0.25) is 4.57 Å². The predicted molar refractivity (Wildman–Crippen MR) is 74.6 cm³/mol. The highest BCUT2D eigenvalue weighted by atomic mass is 35.5. The molecule has 0 aliphatic heterocycles. The van der Waals surface area contributed by atoms with Crippen LogP contribution in [0.15, 0.2) is 33.0 Å². The van der Waals surface area contributed by atoms with Gasteiger partial charge in [0.05, 0.1) is 0 Å². The summed E-state index contributed by atoms with van der Waals surface area (Å²) in [6.45, 7) is 0.428. The fourth-order valence-electron chi connectivity index (χ4n) is 1.91. The van der Waals surface area contributed by atoms with Crippen LogP contribution in [-0.4, -0.2) is 14.8 Å². The Bertz CT molecular complexity index is 662. The number of halogens is 1. The summed E-state index contributed by atoms with van der Waals surface area (Å²) in [6.07, 6.45) is 2.07. The Hall–Kier alpha value is -1.24. The molecule has 1 heterocycles. The molecule has 1 fully saturated rings. The lowest BCUT2D eigenvalue weighted by Gasteiger charge is -2.08. The number of rotatable bonds is 4. The van der Waals surface area contributed by atoms with Crippen molar-refractivity contribution in [3.05, 3.63) is 39.3 Å². The highest BCUT2D eigenvalue weighted by molar-refractivity contribution is 7.99. The molecule has 1 aromatic heterocycles. The highest BCUT2D eigenvalue weighted by Crippen LogP contribution is 2.38. The van der Waals surface area contributed by atoms with Crippen molar-refractivity contribution in [2.24, 2.45) is 5.73 Å². The molecular weight excluding hydrogens is 284 g/mol. The van der Waals surface area contributed by atoms with Crippen molar-refractivity contribution in [3.8, 4) is 0 Å². The second kappa shape index (κ2) is 5.03. The molecule has 1 aliphatic carbocycles. The number of aromatic amines is 1. The summed E-state index contributed by atoms with van der Waals surface area (Å²) in [4.78, 5) is 12.7. The molecule has 7 heteroatoms. The van der Waals surface area contributed by atoms with E-state index in [1.807, 2.05) is 18.2 Å². The van der Waals surface area contributed by atoms with E-state index in [4.69, 9.17) is 17.3 Å². The lowest BCUT2D eigenvalue weighted by molar-refractivity contribution is 0.642. The van der Waals surface area contributed by atoms with Crippen molar-refractivity contribution in [3.63, 3.8) is 0 Å². The van der Waals surface area contributed by atoms with Crippen LogP contribution in [0, 0.1) is 0 Å². The zero-order chi connectivity index (χ0) is 13.4. The lowest BCUT2D eigenvalue weighted by Crippen LogP contribution is -2.16. The third-order valence-corrected chi connectivity index (χ3v) is 4.34. The number of nitrogens with one attached hydrogen (secondary N) is 1. The van der Waals surface area contributed by atoms with E-state index in [0.717, 1.165) is 23.3 Å². The molecule has 3 rings (SSSR count). The number of H-pyrrole nitrogens is 1. The van der Waals surface area contributed by atoms with Gasteiger partial charge in [0, 0.05) is 22.5 Å². The Labute approximate surface area is 119 Å².